The Hall–Kier alpha value is -0.710. The summed E-state index contributed by atoms with van der Waals surface area (Å²) in [6.07, 6.45) is 0. The molecule has 2 amide bonds. The van der Waals surface area contributed by atoms with Crippen molar-refractivity contribution < 1.29 is 9.59 Å². The maximum Gasteiger partial charge on any atom is 0.239 e. The molecule has 0 saturated carbocycles. The van der Waals surface area contributed by atoms with Gasteiger partial charge in [0.15, 0.2) is 0 Å². The second-order valence-electron chi connectivity index (χ2n) is 3.29. The molecule has 0 atom stereocenters. The van der Waals surface area contributed by atoms with Crippen LogP contribution in [0.5, 0.6) is 0 Å². The lowest BCUT2D eigenvalue weighted by Gasteiger charge is -2.15. The monoisotopic (exact) mass is 202 g/mol. The lowest BCUT2D eigenvalue weighted by molar-refractivity contribution is -0.132. The first-order valence-electron chi connectivity index (χ1n) is 4.24. The van der Waals surface area contributed by atoms with E-state index in [9.17, 15) is 9.59 Å². The van der Waals surface area contributed by atoms with Crippen LogP contribution in [0.1, 0.15) is 13.8 Å². The van der Waals surface area contributed by atoms with Crippen molar-refractivity contribution in [1.29, 1.82) is 0 Å². The average molecular weight is 202 g/mol. The Morgan fingerprint density at radius 1 is 1.69 bits per heavy atom. The van der Waals surface area contributed by atoms with Crippen LogP contribution >= 0.6 is 11.8 Å². The number of carbonyl (C=O) groups excluding carboxylic acids is 2. The normalized spacial score (nSPS) is 16.8. The molecule has 0 aromatic carbocycles. The highest BCUT2D eigenvalue weighted by Gasteiger charge is 2.22. The summed E-state index contributed by atoms with van der Waals surface area (Å²) in [4.78, 5) is 23.9. The van der Waals surface area contributed by atoms with Crippen molar-refractivity contribution in [2.24, 2.45) is 0 Å². The number of amides is 2. The van der Waals surface area contributed by atoms with E-state index < -0.39 is 0 Å². The Morgan fingerprint density at radius 2 is 2.38 bits per heavy atom. The fraction of sp³-hybridized carbons (Fsp3) is 0.750. The average Bonchev–Trinajstić information content (AvgIpc) is 2.34. The third-order valence-corrected chi connectivity index (χ3v) is 2.55. The summed E-state index contributed by atoms with van der Waals surface area (Å²) in [6.45, 7) is 4.00. The zero-order valence-electron chi connectivity index (χ0n) is 7.87. The summed E-state index contributed by atoms with van der Waals surface area (Å²) < 4.78 is 0. The number of carbonyl (C=O) groups is 2. The molecule has 0 radical (unpaired) electrons. The second-order valence-corrected chi connectivity index (χ2v) is 4.25. The number of rotatable bonds is 3. The maximum atomic E-state index is 11.2. The van der Waals surface area contributed by atoms with E-state index in [4.69, 9.17) is 0 Å². The van der Waals surface area contributed by atoms with Crippen LogP contribution in [-0.2, 0) is 9.59 Å². The van der Waals surface area contributed by atoms with Gasteiger partial charge in [0.05, 0.1) is 11.6 Å². The van der Waals surface area contributed by atoms with Crippen molar-refractivity contribution >= 4 is 23.6 Å². The van der Waals surface area contributed by atoms with Gasteiger partial charge in [0, 0.05) is 6.04 Å². The summed E-state index contributed by atoms with van der Waals surface area (Å²) in [5, 5.41) is 2.75. The molecule has 0 spiro atoms. The van der Waals surface area contributed by atoms with Gasteiger partial charge in [-0.05, 0) is 13.8 Å². The van der Waals surface area contributed by atoms with E-state index in [2.05, 4.69) is 5.32 Å². The first-order chi connectivity index (χ1) is 6.09. The van der Waals surface area contributed by atoms with Gasteiger partial charge >= 0.3 is 0 Å². The number of thioether (sulfide) groups is 1. The minimum atomic E-state index is -0.0779. The van der Waals surface area contributed by atoms with E-state index in [0.29, 0.717) is 11.6 Å². The fourth-order valence-electron chi connectivity index (χ4n) is 1.08. The van der Waals surface area contributed by atoms with Crippen molar-refractivity contribution in [1.82, 2.24) is 10.2 Å². The van der Waals surface area contributed by atoms with Gasteiger partial charge in [-0.15, -0.1) is 11.8 Å². The first-order valence-corrected chi connectivity index (χ1v) is 5.40. The molecule has 4 nitrogen and oxygen atoms in total. The standard InChI is InChI=1S/C8H14N2O2S/c1-6(2)9-7(11)3-10-5-13-4-8(10)12/h6H,3-5H2,1-2H3,(H,9,11). The van der Waals surface area contributed by atoms with Gasteiger partial charge in [0.2, 0.25) is 11.8 Å². The Kier molecular flexibility index (Phi) is 3.59. The predicted molar refractivity (Wildman–Crippen MR) is 52.3 cm³/mol. The molecular weight excluding hydrogens is 188 g/mol. The molecule has 0 aromatic rings. The van der Waals surface area contributed by atoms with Crippen LogP contribution < -0.4 is 5.32 Å². The molecule has 1 aliphatic rings. The fourth-order valence-corrected chi connectivity index (χ4v) is 1.99. The topological polar surface area (TPSA) is 49.4 Å². The molecule has 1 fully saturated rings. The van der Waals surface area contributed by atoms with Gasteiger partial charge in [-0.3, -0.25) is 9.59 Å². The lowest BCUT2D eigenvalue weighted by Crippen LogP contribution is -2.40. The van der Waals surface area contributed by atoms with Crippen LogP contribution in [0.4, 0.5) is 0 Å². The van der Waals surface area contributed by atoms with Gasteiger partial charge in [0.1, 0.15) is 6.54 Å². The smallest absolute Gasteiger partial charge is 0.239 e. The number of hydrogen-bond acceptors (Lipinski definition) is 3. The zero-order valence-corrected chi connectivity index (χ0v) is 8.69. The molecule has 13 heavy (non-hydrogen) atoms. The van der Waals surface area contributed by atoms with E-state index in [-0.39, 0.29) is 24.4 Å². The van der Waals surface area contributed by atoms with Gasteiger partial charge in [0.25, 0.3) is 0 Å². The van der Waals surface area contributed by atoms with Crippen molar-refractivity contribution in [3.8, 4) is 0 Å². The van der Waals surface area contributed by atoms with Crippen molar-refractivity contribution in [2.75, 3.05) is 18.2 Å². The Balaban J connectivity index is 2.31. The number of nitrogens with one attached hydrogen (secondary N) is 1. The summed E-state index contributed by atoms with van der Waals surface area (Å²) in [5.74, 6) is 1.13. The molecule has 0 bridgehead atoms. The van der Waals surface area contributed by atoms with E-state index in [1.54, 1.807) is 16.7 Å². The summed E-state index contributed by atoms with van der Waals surface area (Å²) in [7, 11) is 0. The minimum absolute atomic E-state index is 0.0592. The molecule has 1 saturated heterocycles. The van der Waals surface area contributed by atoms with Crippen LogP contribution in [0, 0.1) is 0 Å². The van der Waals surface area contributed by atoms with Crippen molar-refractivity contribution in [3.05, 3.63) is 0 Å². The van der Waals surface area contributed by atoms with E-state index >= 15 is 0 Å². The molecule has 1 heterocycles. The SMILES string of the molecule is CC(C)NC(=O)CN1CSCC1=O. The van der Waals surface area contributed by atoms with Gasteiger partial charge in [-0.1, -0.05) is 0 Å². The Morgan fingerprint density at radius 3 is 2.85 bits per heavy atom. The molecule has 0 unspecified atom stereocenters. The highest BCUT2D eigenvalue weighted by molar-refractivity contribution is 8.00. The van der Waals surface area contributed by atoms with Crippen LogP contribution in [0.15, 0.2) is 0 Å². The largest absolute Gasteiger partial charge is 0.352 e. The Bertz CT molecular complexity index is 218. The van der Waals surface area contributed by atoms with Gasteiger partial charge in [-0.2, -0.15) is 0 Å². The molecule has 0 aromatic heterocycles. The molecule has 0 aliphatic carbocycles. The molecule has 74 valence electrons. The van der Waals surface area contributed by atoms with Crippen LogP contribution in [0.2, 0.25) is 0 Å². The van der Waals surface area contributed by atoms with Gasteiger partial charge in [-0.25, -0.2) is 0 Å². The summed E-state index contributed by atoms with van der Waals surface area (Å²) in [6, 6.07) is 0.137. The number of nitrogens with zero attached hydrogens (tertiary/aromatic N) is 1. The third kappa shape index (κ3) is 3.26. The van der Waals surface area contributed by atoms with Crippen LogP contribution in [0.3, 0.4) is 0 Å². The van der Waals surface area contributed by atoms with Crippen LogP contribution in [0.25, 0.3) is 0 Å². The molecule has 1 rings (SSSR count). The highest BCUT2D eigenvalue weighted by atomic mass is 32.2. The molecule has 5 heteroatoms. The summed E-state index contributed by atoms with van der Waals surface area (Å²) in [5.41, 5.74) is 0. The highest BCUT2D eigenvalue weighted by Crippen LogP contribution is 2.13. The van der Waals surface area contributed by atoms with E-state index in [0.717, 1.165) is 0 Å². The van der Waals surface area contributed by atoms with Gasteiger partial charge < -0.3 is 10.2 Å². The quantitative estimate of drug-likeness (QED) is 0.703. The second kappa shape index (κ2) is 4.50. The molecule has 1 aliphatic heterocycles. The maximum absolute atomic E-state index is 11.2. The number of hydrogen-bond donors (Lipinski definition) is 1. The van der Waals surface area contributed by atoms with E-state index in [1.807, 2.05) is 13.8 Å². The van der Waals surface area contributed by atoms with Crippen molar-refractivity contribution in [2.45, 2.75) is 19.9 Å². The van der Waals surface area contributed by atoms with Crippen molar-refractivity contribution in [3.63, 3.8) is 0 Å². The van der Waals surface area contributed by atoms with Crippen LogP contribution in [-0.4, -0.2) is 40.9 Å². The molecular formula is C8H14N2O2S. The van der Waals surface area contributed by atoms with E-state index in [1.165, 1.54) is 0 Å². The Labute approximate surface area is 82.0 Å². The predicted octanol–water partition coefficient (Wildman–Crippen LogP) is 0.0439. The zero-order chi connectivity index (χ0) is 9.84. The lowest BCUT2D eigenvalue weighted by atomic mass is 10.4. The third-order valence-electron chi connectivity index (χ3n) is 1.61. The summed E-state index contributed by atoms with van der Waals surface area (Å²) >= 11 is 1.55. The first kappa shape index (κ1) is 10.4. The molecule has 1 N–H and O–H groups in total. The minimum Gasteiger partial charge on any atom is -0.352 e.